The van der Waals surface area contributed by atoms with E-state index in [9.17, 15) is 9.18 Å². The van der Waals surface area contributed by atoms with E-state index in [1.54, 1.807) is 6.07 Å². The van der Waals surface area contributed by atoms with Crippen molar-refractivity contribution in [3.05, 3.63) is 29.8 Å². The first kappa shape index (κ1) is 15.4. The number of aliphatic carboxylic acids is 1. The maximum atomic E-state index is 13.0. The molecule has 3 N–H and O–H groups in total. The molecule has 1 heterocycles. The average molecular weight is 288 g/mol. The van der Waals surface area contributed by atoms with Crippen molar-refractivity contribution in [3.8, 4) is 0 Å². The molecule has 0 saturated carbocycles. The van der Waals surface area contributed by atoms with E-state index in [1.165, 1.54) is 12.1 Å². The molecule has 0 amide bonds. The molecule has 0 saturated heterocycles. The van der Waals surface area contributed by atoms with Crippen molar-refractivity contribution >= 4 is 29.4 Å². The van der Waals surface area contributed by atoms with Gasteiger partial charge in [-0.1, -0.05) is 6.92 Å². The van der Waals surface area contributed by atoms with Crippen molar-refractivity contribution in [1.29, 1.82) is 0 Å². The largest absolute Gasteiger partial charge is 0.480 e. The molecule has 0 unspecified atom stereocenters. The Morgan fingerprint density at radius 1 is 1.58 bits per heavy atom. The number of nitrogens with zero attached hydrogens (tertiary/aromatic N) is 1. The highest BCUT2D eigenvalue weighted by molar-refractivity contribution is 5.85. The standard InChI is InChI=1S/C12H14FN3O2.ClH/c1-2-14-10(12(17)18)6-11-15-8-4-3-7(13)5-9(8)16-11;/h3-5,10,14H,2,6H2,1H3,(H,15,16)(H,17,18);1H/t10-;/m1./s1. The van der Waals surface area contributed by atoms with E-state index in [1.807, 2.05) is 6.92 Å². The zero-order valence-corrected chi connectivity index (χ0v) is 11.1. The maximum absolute atomic E-state index is 13.0. The van der Waals surface area contributed by atoms with Crippen LogP contribution in [-0.4, -0.2) is 33.6 Å². The Morgan fingerprint density at radius 2 is 2.32 bits per heavy atom. The van der Waals surface area contributed by atoms with Crippen LogP contribution in [0.5, 0.6) is 0 Å². The predicted octanol–water partition coefficient (Wildman–Crippen LogP) is 1.73. The van der Waals surface area contributed by atoms with E-state index in [4.69, 9.17) is 5.11 Å². The molecule has 0 aliphatic rings. The number of H-pyrrole nitrogens is 1. The minimum atomic E-state index is -0.927. The topological polar surface area (TPSA) is 78.0 Å². The number of likely N-dealkylation sites (N-methyl/N-ethyl adjacent to an activating group) is 1. The van der Waals surface area contributed by atoms with Crippen molar-refractivity contribution in [2.24, 2.45) is 0 Å². The van der Waals surface area contributed by atoms with E-state index >= 15 is 0 Å². The first-order chi connectivity index (χ1) is 8.60. The minimum Gasteiger partial charge on any atom is -0.480 e. The molecule has 104 valence electrons. The van der Waals surface area contributed by atoms with Crippen LogP contribution in [0.15, 0.2) is 18.2 Å². The Kier molecular flexibility index (Phi) is 5.26. The third-order valence-corrected chi connectivity index (χ3v) is 2.64. The number of aromatic nitrogens is 2. The molecule has 2 rings (SSSR count). The maximum Gasteiger partial charge on any atom is 0.321 e. The van der Waals surface area contributed by atoms with Crippen molar-refractivity contribution in [2.45, 2.75) is 19.4 Å². The summed E-state index contributed by atoms with van der Waals surface area (Å²) in [5, 5.41) is 11.9. The third kappa shape index (κ3) is 3.65. The molecule has 1 aromatic carbocycles. The lowest BCUT2D eigenvalue weighted by Gasteiger charge is -2.10. The fraction of sp³-hybridized carbons (Fsp3) is 0.333. The number of halogens is 2. The summed E-state index contributed by atoms with van der Waals surface area (Å²) in [5.41, 5.74) is 1.21. The number of benzene rings is 1. The van der Waals surface area contributed by atoms with Gasteiger partial charge in [0.1, 0.15) is 17.7 Å². The number of carboxylic acids is 1. The van der Waals surface area contributed by atoms with Crippen LogP contribution in [-0.2, 0) is 11.2 Å². The number of hydrogen-bond donors (Lipinski definition) is 3. The zero-order valence-electron chi connectivity index (χ0n) is 10.3. The quantitative estimate of drug-likeness (QED) is 0.782. The van der Waals surface area contributed by atoms with Crippen molar-refractivity contribution in [1.82, 2.24) is 15.3 Å². The monoisotopic (exact) mass is 287 g/mol. The predicted molar refractivity (Wildman–Crippen MR) is 72.1 cm³/mol. The van der Waals surface area contributed by atoms with Gasteiger partial charge in [0, 0.05) is 6.42 Å². The summed E-state index contributed by atoms with van der Waals surface area (Å²) in [5.74, 6) is -0.744. The number of aromatic amines is 1. The first-order valence-electron chi connectivity index (χ1n) is 5.70. The molecule has 0 fully saturated rings. The molecule has 0 radical (unpaired) electrons. The normalized spacial score (nSPS) is 12.1. The molecular formula is C12H15ClFN3O2. The molecule has 0 aliphatic carbocycles. The first-order valence-corrected chi connectivity index (χ1v) is 5.70. The molecule has 0 spiro atoms. The lowest BCUT2D eigenvalue weighted by Crippen LogP contribution is -2.38. The number of carboxylic acid groups (broad SMARTS) is 1. The van der Waals surface area contributed by atoms with E-state index in [2.05, 4.69) is 15.3 Å². The highest BCUT2D eigenvalue weighted by atomic mass is 35.5. The number of nitrogens with one attached hydrogen (secondary N) is 2. The van der Waals surface area contributed by atoms with Crippen LogP contribution in [0.4, 0.5) is 4.39 Å². The molecule has 1 atom stereocenters. The molecule has 0 aliphatic heterocycles. The Labute approximate surface area is 115 Å². The van der Waals surface area contributed by atoms with Crippen LogP contribution < -0.4 is 5.32 Å². The van der Waals surface area contributed by atoms with E-state index in [0.29, 0.717) is 23.4 Å². The van der Waals surface area contributed by atoms with Gasteiger partial charge in [0.05, 0.1) is 11.0 Å². The lowest BCUT2D eigenvalue weighted by molar-refractivity contribution is -0.139. The van der Waals surface area contributed by atoms with Gasteiger partial charge in [0.15, 0.2) is 0 Å². The van der Waals surface area contributed by atoms with Crippen molar-refractivity contribution < 1.29 is 14.3 Å². The minimum absolute atomic E-state index is 0. The van der Waals surface area contributed by atoms with Gasteiger partial charge in [0.25, 0.3) is 0 Å². The smallest absolute Gasteiger partial charge is 0.321 e. The fourth-order valence-electron chi connectivity index (χ4n) is 1.82. The van der Waals surface area contributed by atoms with Crippen molar-refractivity contribution in [3.63, 3.8) is 0 Å². The molecule has 2 aromatic rings. The molecule has 7 heteroatoms. The average Bonchev–Trinajstić information content (AvgIpc) is 2.69. The van der Waals surface area contributed by atoms with Gasteiger partial charge in [-0.2, -0.15) is 0 Å². The van der Waals surface area contributed by atoms with Crippen LogP contribution in [0, 0.1) is 5.82 Å². The number of fused-ring (bicyclic) bond motifs is 1. The van der Waals surface area contributed by atoms with Gasteiger partial charge in [-0.3, -0.25) is 4.79 Å². The van der Waals surface area contributed by atoms with Crippen LogP contribution in [0.1, 0.15) is 12.7 Å². The van der Waals surface area contributed by atoms with Gasteiger partial charge >= 0.3 is 5.97 Å². The second kappa shape index (κ2) is 6.49. The molecule has 1 aromatic heterocycles. The van der Waals surface area contributed by atoms with Gasteiger partial charge in [0.2, 0.25) is 0 Å². The zero-order chi connectivity index (χ0) is 13.1. The third-order valence-electron chi connectivity index (χ3n) is 2.64. The van der Waals surface area contributed by atoms with Crippen LogP contribution >= 0.6 is 12.4 Å². The molecule has 19 heavy (non-hydrogen) atoms. The number of carbonyl (C=O) groups is 1. The Balaban J connectivity index is 0.00000180. The summed E-state index contributed by atoms with van der Waals surface area (Å²) >= 11 is 0. The number of hydrogen-bond acceptors (Lipinski definition) is 3. The van der Waals surface area contributed by atoms with E-state index in [0.717, 1.165) is 0 Å². The Bertz CT molecular complexity index is 573. The van der Waals surface area contributed by atoms with Crippen LogP contribution in [0.2, 0.25) is 0 Å². The molecule has 5 nitrogen and oxygen atoms in total. The molecular weight excluding hydrogens is 273 g/mol. The van der Waals surface area contributed by atoms with Crippen LogP contribution in [0.3, 0.4) is 0 Å². The van der Waals surface area contributed by atoms with Crippen LogP contribution in [0.25, 0.3) is 11.0 Å². The highest BCUT2D eigenvalue weighted by Gasteiger charge is 2.18. The summed E-state index contributed by atoms with van der Waals surface area (Å²) < 4.78 is 13.0. The highest BCUT2D eigenvalue weighted by Crippen LogP contribution is 2.13. The van der Waals surface area contributed by atoms with Gasteiger partial charge in [-0.05, 0) is 24.7 Å². The van der Waals surface area contributed by atoms with E-state index in [-0.39, 0.29) is 24.6 Å². The summed E-state index contributed by atoms with van der Waals surface area (Å²) in [6.07, 6.45) is 0.236. The summed E-state index contributed by atoms with van der Waals surface area (Å²) in [4.78, 5) is 18.2. The second-order valence-corrected chi connectivity index (χ2v) is 4.00. The SMILES string of the molecule is CCN[C@H](Cc1nc2ccc(F)cc2[nH]1)C(=O)O.Cl. The lowest BCUT2D eigenvalue weighted by atomic mass is 10.2. The summed E-state index contributed by atoms with van der Waals surface area (Å²) in [7, 11) is 0. The summed E-state index contributed by atoms with van der Waals surface area (Å²) in [6, 6.07) is 3.54. The van der Waals surface area contributed by atoms with Crippen molar-refractivity contribution in [2.75, 3.05) is 6.54 Å². The van der Waals surface area contributed by atoms with Gasteiger partial charge < -0.3 is 15.4 Å². The Hall–Kier alpha value is -1.66. The van der Waals surface area contributed by atoms with Gasteiger partial charge in [-0.25, -0.2) is 9.37 Å². The van der Waals surface area contributed by atoms with Gasteiger partial charge in [-0.15, -0.1) is 12.4 Å². The number of imidazole rings is 1. The fourth-order valence-corrected chi connectivity index (χ4v) is 1.82. The second-order valence-electron chi connectivity index (χ2n) is 4.00. The summed E-state index contributed by atoms with van der Waals surface area (Å²) in [6.45, 7) is 2.40. The molecule has 0 bridgehead atoms. The number of rotatable bonds is 5. The Morgan fingerprint density at radius 3 is 2.95 bits per heavy atom. The van der Waals surface area contributed by atoms with E-state index < -0.39 is 12.0 Å².